The topological polar surface area (TPSA) is 78.3 Å². The number of carbonyl (C=O) groups is 1. The number of nitrogens with one attached hydrogen (secondary N) is 1. The summed E-state index contributed by atoms with van der Waals surface area (Å²) in [6, 6.07) is 14.9. The molecule has 0 atom stereocenters. The third-order valence-electron chi connectivity index (χ3n) is 4.12. The van der Waals surface area contributed by atoms with Gasteiger partial charge in [-0.05, 0) is 30.7 Å². The molecule has 1 aromatic heterocycles. The highest BCUT2D eigenvalue weighted by Gasteiger charge is 2.21. The monoisotopic (exact) mass is 366 g/mol. The van der Waals surface area contributed by atoms with Crippen molar-refractivity contribution in [1.29, 1.82) is 0 Å². The number of nitrogens with zero attached hydrogens (tertiary/aromatic N) is 3. The number of hydrogen-bond acceptors (Lipinski definition) is 5. The molecule has 0 saturated heterocycles. The molecule has 3 aromatic rings. The normalized spacial score (nSPS) is 10.5. The van der Waals surface area contributed by atoms with Gasteiger partial charge in [-0.1, -0.05) is 36.8 Å². The van der Waals surface area contributed by atoms with Crippen LogP contribution in [-0.2, 0) is 6.42 Å². The summed E-state index contributed by atoms with van der Waals surface area (Å²) in [7, 11) is 3.11. The fourth-order valence-corrected chi connectivity index (χ4v) is 2.81. The maximum atomic E-state index is 12.9. The van der Waals surface area contributed by atoms with Gasteiger partial charge in [0.25, 0.3) is 5.91 Å². The molecular weight excluding hydrogens is 344 g/mol. The van der Waals surface area contributed by atoms with Gasteiger partial charge in [-0.2, -0.15) is 0 Å². The lowest BCUT2D eigenvalue weighted by Gasteiger charge is -2.12. The van der Waals surface area contributed by atoms with Crippen LogP contribution in [0.3, 0.4) is 0 Å². The van der Waals surface area contributed by atoms with Crippen molar-refractivity contribution in [1.82, 2.24) is 15.0 Å². The lowest BCUT2D eigenvalue weighted by Crippen LogP contribution is -2.16. The third kappa shape index (κ3) is 3.92. The Morgan fingerprint density at radius 3 is 2.56 bits per heavy atom. The highest BCUT2D eigenvalue weighted by Crippen LogP contribution is 2.29. The van der Waals surface area contributed by atoms with Gasteiger partial charge in [0.05, 0.1) is 31.3 Å². The van der Waals surface area contributed by atoms with Gasteiger partial charge < -0.3 is 14.8 Å². The molecule has 3 rings (SSSR count). The van der Waals surface area contributed by atoms with Gasteiger partial charge >= 0.3 is 0 Å². The van der Waals surface area contributed by atoms with Gasteiger partial charge in [0, 0.05) is 6.07 Å². The average Bonchev–Trinajstić information content (AvgIpc) is 3.12. The Morgan fingerprint density at radius 1 is 1.11 bits per heavy atom. The molecule has 0 bridgehead atoms. The number of ether oxygens (including phenoxy) is 2. The van der Waals surface area contributed by atoms with Crippen LogP contribution in [0.25, 0.3) is 5.69 Å². The third-order valence-corrected chi connectivity index (χ3v) is 4.12. The van der Waals surface area contributed by atoms with E-state index in [9.17, 15) is 4.79 Å². The Morgan fingerprint density at radius 2 is 1.89 bits per heavy atom. The van der Waals surface area contributed by atoms with Crippen molar-refractivity contribution in [2.75, 3.05) is 19.5 Å². The molecule has 1 N–H and O–H groups in total. The van der Waals surface area contributed by atoms with Gasteiger partial charge in [-0.25, -0.2) is 4.68 Å². The predicted molar refractivity (Wildman–Crippen MR) is 103 cm³/mol. The molecule has 0 aliphatic carbocycles. The number of para-hydroxylation sites is 1. The molecule has 0 spiro atoms. The number of benzene rings is 2. The number of anilines is 1. The van der Waals surface area contributed by atoms with E-state index in [1.54, 1.807) is 37.1 Å². The molecule has 0 radical (unpaired) electrons. The fourth-order valence-electron chi connectivity index (χ4n) is 2.81. The van der Waals surface area contributed by atoms with Crippen LogP contribution >= 0.6 is 0 Å². The van der Waals surface area contributed by atoms with Crippen LogP contribution in [0.15, 0.2) is 48.5 Å². The van der Waals surface area contributed by atoms with Crippen LogP contribution in [0.1, 0.15) is 29.5 Å². The van der Waals surface area contributed by atoms with Crippen LogP contribution in [0.2, 0.25) is 0 Å². The first-order chi connectivity index (χ1) is 13.2. The minimum atomic E-state index is -0.341. The highest BCUT2D eigenvalue weighted by atomic mass is 16.5. The van der Waals surface area contributed by atoms with E-state index < -0.39 is 0 Å². The Labute approximate surface area is 157 Å². The van der Waals surface area contributed by atoms with E-state index in [-0.39, 0.29) is 5.91 Å². The van der Waals surface area contributed by atoms with Crippen LogP contribution in [0.4, 0.5) is 5.69 Å². The number of rotatable bonds is 7. The van der Waals surface area contributed by atoms with Crippen molar-refractivity contribution < 1.29 is 14.3 Å². The van der Waals surface area contributed by atoms with Gasteiger partial charge in [0.1, 0.15) is 11.5 Å². The summed E-state index contributed by atoms with van der Waals surface area (Å²) in [4.78, 5) is 12.9. The quantitative estimate of drug-likeness (QED) is 0.692. The molecule has 0 saturated carbocycles. The number of amides is 1. The van der Waals surface area contributed by atoms with Gasteiger partial charge in [-0.3, -0.25) is 4.79 Å². The summed E-state index contributed by atoms with van der Waals surface area (Å²) in [5.74, 6) is 0.816. The van der Waals surface area contributed by atoms with E-state index in [0.717, 1.165) is 17.8 Å². The minimum absolute atomic E-state index is 0.297. The second kappa shape index (κ2) is 8.35. The Kier molecular flexibility index (Phi) is 5.71. The predicted octanol–water partition coefficient (Wildman–Crippen LogP) is 3.49. The number of methoxy groups -OCH3 is 2. The van der Waals surface area contributed by atoms with E-state index in [4.69, 9.17) is 9.47 Å². The molecule has 1 heterocycles. The standard InChI is InChI=1S/C20H22N4O3/c1-4-8-17-19(22-23-24(17)14-9-6-5-7-10-14)20(25)21-16-13-15(26-2)11-12-18(16)27-3/h5-7,9-13H,4,8H2,1-3H3,(H,21,25). The highest BCUT2D eigenvalue weighted by molar-refractivity contribution is 6.04. The Balaban J connectivity index is 1.95. The number of aromatic nitrogens is 3. The molecule has 7 nitrogen and oxygen atoms in total. The summed E-state index contributed by atoms with van der Waals surface area (Å²) < 4.78 is 12.3. The zero-order chi connectivity index (χ0) is 19.2. The second-order valence-corrected chi connectivity index (χ2v) is 5.90. The second-order valence-electron chi connectivity index (χ2n) is 5.90. The summed E-state index contributed by atoms with van der Waals surface area (Å²) in [5.41, 5.74) is 2.44. The molecule has 2 aromatic carbocycles. The summed E-state index contributed by atoms with van der Waals surface area (Å²) in [5, 5.41) is 11.2. The first-order valence-electron chi connectivity index (χ1n) is 8.71. The maximum absolute atomic E-state index is 12.9. The van der Waals surface area contributed by atoms with E-state index in [1.165, 1.54) is 0 Å². The zero-order valence-electron chi connectivity index (χ0n) is 15.6. The minimum Gasteiger partial charge on any atom is -0.497 e. The van der Waals surface area contributed by atoms with Gasteiger partial charge in [0.2, 0.25) is 0 Å². The Hall–Kier alpha value is -3.35. The zero-order valence-corrected chi connectivity index (χ0v) is 15.6. The van der Waals surface area contributed by atoms with E-state index in [2.05, 4.69) is 22.6 Å². The molecule has 0 aliphatic heterocycles. The van der Waals surface area contributed by atoms with Crippen LogP contribution < -0.4 is 14.8 Å². The first-order valence-corrected chi connectivity index (χ1v) is 8.71. The molecule has 1 amide bonds. The largest absolute Gasteiger partial charge is 0.497 e. The summed E-state index contributed by atoms with van der Waals surface area (Å²) in [6.07, 6.45) is 1.54. The smallest absolute Gasteiger partial charge is 0.278 e. The van der Waals surface area contributed by atoms with Gasteiger partial charge in [-0.15, -0.1) is 5.10 Å². The maximum Gasteiger partial charge on any atom is 0.278 e. The van der Waals surface area contributed by atoms with E-state index in [1.807, 2.05) is 30.3 Å². The fraction of sp³-hybridized carbons (Fsp3) is 0.250. The summed E-state index contributed by atoms with van der Waals surface area (Å²) in [6.45, 7) is 2.05. The van der Waals surface area contributed by atoms with Gasteiger partial charge in [0.15, 0.2) is 5.69 Å². The molecular formula is C20H22N4O3. The molecule has 140 valence electrons. The summed E-state index contributed by atoms with van der Waals surface area (Å²) >= 11 is 0. The van der Waals surface area contributed by atoms with Crippen molar-refractivity contribution >= 4 is 11.6 Å². The van der Waals surface area contributed by atoms with Crippen molar-refractivity contribution in [2.24, 2.45) is 0 Å². The Bertz CT molecular complexity index is 922. The van der Waals surface area contributed by atoms with E-state index >= 15 is 0 Å². The number of hydrogen-bond donors (Lipinski definition) is 1. The lowest BCUT2D eigenvalue weighted by molar-refractivity contribution is 0.102. The van der Waals surface area contributed by atoms with Crippen molar-refractivity contribution in [3.05, 3.63) is 59.9 Å². The first kappa shape index (κ1) is 18.4. The van der Waals surface area contributed by atoms with Crippen molar-refractivity contribution in [3.8, 4) is 17.2 Å². The molecule has 7 heteroatoms. The van der Waals surface area contributed by atoms with Crippen molar-refractivity contribution in [3.63, 3.8) is 0 Å². The van der Waals surface area contributed by atoms with Crippen molar-refractivity contribution in [2.45, 2.75) is 19.8 Å². The SMILES string of the molecule is CCCc1c(C(=O)Nc2cc(OC)ccc2OC)nnn1-c1ccccc1. The van der Waals surface area contributed by atoms with Crippen LogP contribution in [-0.4, -0.2) is 35.1 Å². The molecule has 27 heavy (non-hydrogen) atoms. The molecule has 0 unspecified atom stereocenters. The average molecular weight is 366 g/mol. The molecule has 0 aliphatic rings. The number of carbonyl (C=O) groups excluding carboxylic acids is 1. The van der Waals surface area contributed by atoms with Crippen LogP contribution in [0, 0.1) is 0 Å². The van der Waals surface area contributed by atoms with E-state index in [0.29, 0.717) is 29.3 Å². The van der Waals surface area contributed by atoms with Crippen LogP contribution in [0.5, 0.6) is 11.5 Å². The lowest BCUT2D eigenvalue weighted by atomic mass is 10.2. The molecule has 0 fully saturated rings.